The fourth-order valence-electron chi connectivity index (χ4n) is 3.49. The molecule has 7 nitrogen and oxygen atoms in total. The minimum absolute atomic E-state index is 0.135. The molecule has 0 amide bonds. The van der Waals surface area contributed by atoms with Gasteiger partial charge >= 0.3 is 0 Å². The second-order valence-electron chi connectivity index (χ2n) is 7.86. The molecule has 3 aromatic rings. The fourth-order valence-corrected chi connectivity index (χ4v) is 4.05. The van der Waals surface area contributed by atoms with Crippen molar-refractivity contribution in [2.24, 2.45) is 0 Å². The molecule has 1 aliphatic carbocycles. The van der Waals surface area contributed by atoms with Crippen LogP contribution in [0, 0.1) is 25.2 Å². The topological polar surface area (TPSA) is 105 Å². The van der Waals surface area contributed by atoms with Crippen LogP contribution in [0.4, 0.5) is 5.69 Å². The van der Waals surface area contributed by atoms with Gasteiger partial charge < -0.3 is 4.74 Å². The normalized spacial score (nSPS) is 13.5. The van der Waals surface area contributed by atoms with Crippen LogP contribution in [0.25, 0.3) is 11.3 Å². The van der Waals surface area contributed by atoms with E-state index in [2.05, 4.69) is 32.9 Å². The summed E-state index contributed by atoms with van der Waals surface area (Å²) in [5, 5.41) is 9.15. The molecule has 2 heterocycles. The quantitative estimate of drug-likeness (QED) is 0.604. The van der Waals surface area contributed by atoms with E-state index in [-0.39, 0.29) is 11.6 Å². The Labute approximate surface area is 181 Å². The number of aromatic nitrogens is 2. The Morgan fingerprint density at radius 1 is 1.13 bits per heavy atom. The first-order valence-corrected chi connectivity index (χ1v) is 11.8. The molecular formula is C23H22N4O3S. The number of nitrogens with one attached hydrogen (secondary N) is 1. The predicted molar refractivity (Wildman–Crippen MR) is 119 cm³/mol. The molecule has 0 radical (unpaired) electrons. The summed E-state index contributed by atoms with van der Waals surface area (Å²) in [5.74, 6) is 1.40. The Balaban J connectivity index is 1.77. The molecule has 1 saturated carbocycles. The van der Waals surface area contributed by atoms with Gasteiger partial charge in [0, 0.05) is 18.0 Å². The summed E-state index contributed by atoms with van der Waals surface area (Å²) in [4.78, 5) is 8.62. The van der Waals surface area contributed by atoms with Crippen LogP contribution in [0.3, 0.4) is 0 Å². The highest BCUT2D eigenvalue weighted by atomic mass is 32.2. The zero-order valence-corrected chi connectivity index (χ0v) is 18.3. The summed E-state index contributed by atoms with van der Waals surface area (Å²) < 4.78 is 32.4. The predicted octanol–water partition coefficient (Wildman–Crippen LogP) is 4.67. The van der Waals surface area contributed by atoms with Gasteiger partial charge in [0.25, 0.3) is 0 Å². The maximum atomic E-state index is 11.9. The fraction of sp³-hybridized carbons (Fsp3) is 0.261. The molecule has 0 saturated heterocycles. The second-order valence-corrected chi connectivity index (χ2v) is 9.61. The van der Waals surface area contributed by atoms with E-state index in [0.717, 1.165) is 17.4 Å². The van der Waals surface area contributed by atoms with Gasteiger partial charge in [0.05, 0.1) is 17.5 Å². The number of benzene rings is 1. The van der Waals surface area contributed by atoms with Crippen LogP contribution in [0.2, 0.25) is 0 Å². The Hall–Kier alpha value is -3.44. The van der Waals surface area contributed by atoms with Crippen LogP contribution >= 0.6 is 0 Å². The number of hydrogen-bond donors (Lipinski definition) is 1. The number of hydrogen-bond acceptors (Lipinski definition) is 6. The van der Waals surface area contributed by atoms with Crippen molar-refractivity contribution in [3.8, 4) is 29.0 Å². The molecule has 0 atom stereocenters. The summed E-state index contributed by atoms with van der Waals surface area (Å²) in [6, 6.07) is 11.2. The molecule has 1 aliphatic rings. The van der Waals surface area contributed by atoms with E-state index < -0.39 is 10.0 Å². The van der Waals surface area contributed by atoms with Crippen molar-refractivity contribution in [1.82, 2.24) is 9.97 Å². The first-order valence-electron chi connectivity index (χ1n) is 9.87. The largest absolute Gasteiger partial charge is 0.436 e. The molecule has 1 fully saturated rings. The third kappa shape index (κ3) is 4.84. The molecule has 2 aromatic heterocycles. The first kappa shape index (κ1) is 20.8. The second kappa shape index (κ2) is 8.00. The molecule has 1 aromatic carbocycles. The Morgan fingerprint density at radius 3 is 2.45 bits per heavy atom. The maximum Gasteiger partial charge on any atom is 0.244 e. The molecule has 4 rings (SSSR count). The lowest BCUT2D eigenvalue weighted by Crippen LogP contribution is -2.11. The number of ether oxygens (including phenoxy) is 1. The average molecular weight is 435 g/mol. The van der Waals surface area contributed by atoms with Gasteiger partial charge in [-0.2, -0.15) is 5.26 Å². The van der Waals surface area contributed by atoms with E-state index in [1.807, 2.05) is 13.8 Å². The Morgan fingerprint density at radius 2 is 1.84 bits per heavy atom. The molecule has 0 bridgehead atoms. The lowest BCUT2D eigenvalue weighted by Gasteiger charge is -2.16. The van der Waals surface area contributed by atoms with E-state index in [4.69, 9.17) is 10.00 Å². The molecule has 1 N–H and O–H groups in total. The van der Waals surface area contributed by atoms with Gasteiger partial charge in [0.2, 0.25) is 15.9 Å². The number of anilines is 1. The molecule has 0 aliphatic heterocycles. The summed E-state index contributed by atoms with van der Waals surface area (Å²) >= 11 is 0. The van der Waals surface area contributed by atoms with Crippen molar-refractivity contribution in [3.05, 3.63) is 65.0 Å². The summed E-state index contributed by atoms with van der Waals surface area (Å²) in [6.45, 7) is 3.95. The molecule has 8 heteroatoms. The van der Waals surface area contributed by atoms with Gasteiger partial charge in [-0.25, -0.2) is 13.4 Å². The monoisotopic (exact) mass is 434 g/mol. The SMILES string of the molecule is Cc1cc(C2CC2)cc(C)c1Oc1nc(-c2cncc(C#N)c2)ccc1NS(C)(=O)=O. The van der Waals surface area contributed by atoms with Gasteiger partial charge in [-0.05, 0) is 67.5 Å². The highest BCUT2D eigenvalue weighted by Gasteiger charge is 2.25. The van der Waals surface area contributed by atoms with Crippen LogP contribution in [0.15, 0.2) is 42.7 Å². The molecule has 31 heavy (non-hydrogen) atoms. The molecule has 158 valence electrons. The van der Waals surface area contributed by atoms with Crippen molar-refractivity contribution >= 4 is 15.7 Å². The van der Waals surface area contributed by atoms with Gasteiger partial charge in [0.1, 0.15) is 17.5 Å². The van der Waals surface area contributed by atoms with Crippen LogP contribution < -0.4 is 9.46 Å². The molecular weight excluding hydrogens is 412 g/mol. The lowest BCUT2D eigenvalue weighted by atomic mass is 10.0. The number of sulfonamides is 1. The van der Waals surface area contributed by atoms with Gasteiger partial charge in [-0.3, -0.25) is 9.71 Å². The van der Waals surface area contributed by atoms with E-state index in [1.165, 1.54) is 24.6 Å². The van der Waals surface area contributed by atoms with Crippen LogP contribution in [-0.4, -0.2) is 24.6 Å². The van der Waals surface area contributed by atoms with Crippen molar-refractivity contribution in [3.63, 3.8) is 0 Å². The molecule has 0 unspecified atom stereocenters. The third-order valence-electron chi connectivity index (χ3n) is 5.05. The smallest absolute Gasteiger partial charge is 0.244 e. The van der Waals surface area contributed by atoms with Crippen molar-refractivity contribution in [2.75, 3.05) is 11.0 Å². The summed E-state index contributed by atoms with van der Waals surface area (Å²) in [6.07, 6.45) is 6.56. The zero-order chi connectivity index (χ0) is 22.2. The third-order valence-corrected chi connectivity index (χ3v) is 5.64. The van der Waals surface area contributed by atoms with Crippen LogP contribution in [0.1, 0.15) is 41.0 Å². The van der Waals surface area contributed by atoms with E-state index in [1.54, 1.807) is 24.4 Å². The Kier molecular flexibility index (Phi) is 5.38. The number of aryl methyl sites for hydroxylation is 2. The Bertz CT molecular complexity index is 1290. The minimum atomic E-state index is -3.54. The van der Waals surface area contributed by atoms with Gasteiger partial charge in [-0.1, -0.05) is 12.1 Å². The highest BCUT2D eigenvalue weighted by molar-refractivity contribution is 7.92. The number of rotatable bonds is 6. The average Bonchev–Trinajstić information content (AvgIpc) is 3.56. The van der Waals surface area contributed by atoms with Crippen molar-refractivity contribution in [2.45, 2.75) is 32.6 Å². The number of nitrogens with zero attached hydrogens (tertiary/aromatic N) is 3. The van der Waals surface area contributed by atoms with Crippen molar-refractivity contribution < 1.29 is 13.2 Å². The zero-order valence-electron chi connectivity index (χ0n) is 17.5. The summed E-state index contributed by atoms with van der Waals surface area (Å²) in [7, 11) is -3.54. The van der Waals surface area contributed by atoms with Gasteiger partial charge in [-0.15, -0.1) is 0 Å². The number of pyridine rings is 2. The van der Waals surface area contributed by atoms with Crippen molar-refractivity contribution in [1.29, 1.82) is 5.26 Å². The van der Waals surface area contributed by atoms with Crippen LogP contribution in [0.5, 0.6) is 11.6 Å². The van der Waals surface area contributed by atoms with Crippen LogP contribution in [-0.2, 0) is 10.0 Å². The van der Waals surface area contributed by atoms with E-state index >= 15 is 0 Å². The maximum absolute atomic E-state index is 11.9. The summed E-state index contributed by atoms with van der Waals surface area (Å²) in [5.41, 5.74) is 5.03. The molecule has 0 spiro atoms. The highest BCUT2D eigenvalue weighted by Crippen LogP contribution is 2.43. The standard InChI is InChI=1S/C23H22N4O3S/c1-14-8-18(17-4-5-17)9-15(2)22(14)30-23-21(27-31(3,28)29)7-6-20(26-23)19-10-16(11-24)12-25-13-19/h6-10,12-13,17,27H,4-5H2,1-3H3. The minimum Gasteiger partial charge on any atom is -0.436 e. The number of nitriles is 1. The lowest BCUT2D eigenvalue weighted by molar-refractivity contribution is 0.458. The van der Waals surface area contributed by atoms with E-state index in [0.29, 0.717) is 28.5 Å². The first-order chi connectivity index (χ1) is 14.7. The van der Waals surface area contributed by atoms with E-state index in [9.17, 15) is 8.42 Å². The van der Waals surface area contributed by atoms with Gasteiger partial charge in [0.15, 0.2) is 0 Å².